The SMILES string of the molecule is CC(C)(CO)c1cc(Br)c(O)c([N+](=O)[O-])c1. The molecule has 0 bridgehead atoms. The van der Waals surface area contributed by atoms with Gasteiger partial charge in [-0.25, -0.2) is 0 Å². The summed E-state index contributed by atoms with van der Waals surface area (Å²) in [4.78, 5) is 10.0. The lowest BCUT2D eigenvalue weighted by molar-refractivity contribution is -0.386. The summed E-state index contributed by atoms with van der Waals surface area (Å²) < 4.78 is 0.248. The zero-order chi connectivity index (χ0) is 12.5. The number of aromatic hydroxyl groups is 1. The summed E-state index contributed by atoms with van der Waals surface area (Å²) in [6.45, 7) is 3.38. The van der Waals surface area contributed by atoms with Gasteiger partial charge in [0.1, 0.15) is 0 Å². The monoisotopic (exact) mass is 289 g/mol. The van der Waals surface area contributed by atoms with E-state index in [2.05, 4.69) is 15.9 Å². The van der Waals surface area contributed by atoms with Gasteiger partial charge in [-0.05, 0) is 27.6 Å². The molecule has 0 unspecified atom stereocenters. The maximum atomic E-state index is 10.7. The highest BCUT2D eigenvalue weighted by Crippen LogP contribution is 2.38. The average molecular weight is 290 g/mol. The lowest BCUT2D eigenvalue weighted by Crippen LogP contribution is -2.22. The molecule has 88 valence electrons. The molecule has 0 saturated carbocycles. The Labute approximate surface area is 101 Å². The fourth-order valence-corrected chi connectivity index (χ4v) is 1.66. The highest BCUT2D eigenvalue weighted by Gasteiger charge is 2.26. The van der Waals surface area contributed by atoms with E-state index in [0.29, 0.717) is 5.56 Å². The van der Waals surface area contributed by atoms with Crippen LogP contribution in [-0.2, 0) is 5.41 Å². The first-order chi connectivity index (χ1) is 7.29. The van der Waals surface area contributed by atoms with E-state index in [-0.39, 0.29) is 16.8 Å². The highest BCUT2D eigenvalue weighted by atomic mass is 79.9. The quantitative estimate of drug-likeness (QED) is 0.661. The van der Waals surface area contributed by atoms with E-state index in [1.807, 2.05) is 0 Å². The highest BCUT2D eigenvalue weighted by molar-refractivity contribution is 9.10. The van der Waals surface area contributed by atoms with Gasteiger partial charge in [-0.15, -0.1) is 0 Å². The lowest BCUT2D eigenvalue weighted by atomic mass is 9.85. The Morgan fingerprint density at radius 2 is 2.06 bits per heavy atom. The molecule has 16 heavy (non-hydrogen) atoms. The first-order valence-electron chi connectivity index (χ1n) is 4.58. The number of hydrogen-bond acceptors (Lipinski definition) is 4. The minimum atomic E-state index is -0.656. The van der Waals surface area contributed by atoms with E-state index in [0.717, 1.165) is 0 Å². The number of benzene rings is 1. The Morgan fingerprint density at radius 1 is 1.50 bits per heavy atom. The minimum Gasteiger partial charge on any atom is -0.501 e. The van der Waals surface area contributed by atoms with Gasteiger partial charge in [0, 0.05) is 11.5 Å². The number of nitrogens with zero attached hydrogens (tertiary/aromatic N) is 1. The van der Waals surface area contributed by atoms with Crippen LogP contribution >= 0.6 is 15.9 Å². The van der Waals surface area contributed by atoms with Crippen molar-refractivity contribution in [3.05, 3.63) is 32.3 Å². The first kappa shape index (κ1) is 12.9. The van der Waals surface area contributed by atoms with Crippen molar-refractivity contribution in [1.29, 1.82) is 0 Å². The Balaban J connectivity index is 3.41. The maximum Gasteiger partial charge on any atom is 0.312 e. The number of halogens is 1. The standard InChI is InChI=1S/C10H12BrNO4/c1-10(2,5-13)6-3-7(11)9(14)8(4-6)12(15)16/h3-4,13-14H,5H2,1-2H3. The Bertz CT molecular complexity index is 431. The molecular formula is C10H12BrNO4. The van der Waals surface area contributed by atoms with Gasteiger partial charge in [-0.2, -0.15) is 0 Å². The number of nitro groups is 1. The molecule has 0 atom stereocenters. The van der Waals surface area contributed by atoms with Crippen molar-refractivity contribution in [2.45, 2.75) is 19.3 Å². The Kier molecular flexibility index (Phi) is 3.54. The van der Waals surface area contributed by atoms with Gasteiger partial charge in [0.25, 0.3) is 0 Å². The third kappa shape index (κ3) is 2.33. The van der Waals surface area contributed by atoms with Crippen molar-refractivity contribution >= 4 is 21.6 Å². The van der Waals surface area contributed by atoms with Crippen molar-refractivity contribution in [2.75, 3.05) is 6.61 Å². The second kappa shape index (κ2) is 4.39. The summed E-state index contributed by atoms with van der Waals surface area (Å²) in [5.74, 6) is -0.400. The number of phenolic OH excluding ortho intramolecular Hbond substituents is 1. The van der Waals surface area contributed by atoms with Crippen LogP contribution in [0.1, 0.15) is 19.4 Å². The van der Waals surface area contributed by atoms with Crippen LogP contribution in [0.25, 0.3) is 0 Å². The molecule has 0 radical (unpaired) electrons. The van der Waals surface area contributed by atoms with Gasteiger partial charge in [0.2, 0.25) is 5.75 Å². The molecule has 0 aliphatic heterocycles. The lowest BCUT2D eigenvalue weighted by Gasteiger charge is -2.22. The second-order valence-corrected chi connectivity index (χ2v) is 4.98. The predicted octanol–water partition coefficient (Wildman–Crippen LogP) is 2.33. The van der Waals surface area contributed by atoms with Crippen LogP contribution < -0.4 is 0 Å². The second-order valence-electron chi connectivity index (χ2n) is 4.12. The molecule has 0 heterocycles. The van der Waals surface area contributed by atoms with E-state index in [1.165, 1.54) is 6.07 Å². The third-order valence-electron chi connectivity index (χ3n) is 2.42. The molecule has 1 aromatic carbocycles. The van der Waals surface area contributed by atoms with Gasteiger partial charge in [0.15, 0.2) is 0 Å². The zero-order valence-corrected chi connectivity index (χ0v) is 10.5. The van der Waals surface area contributed by atoms with E-state index in [9.17, 15) is 20.3 Å². The molecule has 0 saturated heterocycles. The van der Waals surface area contributed by atoms with Gasteiger partial charge < -0.3 is 10.2 Å². The fourth-order valence-electron chi connectivity index (χ4n) is 1.21. The van der Waals surface area contributed by atoms with Crippen LogP contribution in [0.15, 0.2) is 16.6 Å². The summed E-state index contributed by atoms with van der Waals surface area (Å²) in [6, 6.07) is 2.84. The third-order valence-corrected chi connectivity index (χ3v) is 3.02. The molecule has 0 spiro atoms. The van der Waals surface area contributed by atoms with Crippen LogP contribution in [-0.4, -0.2) is 21.7 Å². The summed E-state index contributed by atoms with van der Waals surface area (Å²) in [5.41, 5.74) is -0.377. The average Bonchev–Trinajstić information content (AvgIpc) is 2.21. The van der Waals surface area contributed by atoms with E-state index in [4.69, 9.17) is 0 Å². The van der Waals surface area contributed by atoms with Crippen LogP contribution in [0.2, 0.25) is 0 Å². The fraction of sp³-hybridized carbons (Fsp3) is 0.400. The van der Waals surface area contributed by atoms with Crippen molar-refractivity contribution in [3.8, 4) is 5.75 Å². The summed E-state index contributed by atoms with van der Waals surface area (Å²) in [6.07, 6.45) is 0. The van der Waals surface area contributed by atoms with Gasteiger partial charge >= 0.3 is 5.69 Å². The number of nitro benzene ring substituents is 1. The molecule has 0 aliphatic rings. The van der Waals surface area contributed by atoms with Crippen LogP contribution in [0.3, 0.4) is 0 Å². The Morgan fingerprint density at radius 3 is 2.50 bits per heavy atom. The number of aliphatic hydroxyl groups excluding tert-OH is 1. The van der Waals surface area contributed by atoms with Crippen LogP contribution in [0.5, 0.6) is 5.75 Å². The molecule has 2 N–H and O–H groups in total. The van der Waals surface area contributed by atoms with Crippen molar-refractivity contribution in [2.24, 2.45) is 0 Å². The summed E-state index contributed by atoms with van der Waals surface area (Å²) in [5, 5.41) is 29.4. The molecule has 0 amide bonds. The smallest absolute Gasteiger partial charge is 0.312 e. The van der Waals surface area contributed by atoms with Crippen molar-refractivity contribution in [3.63, 3.8) is 0 Å². The summed E-state index contributed by atoms with van der Waals surface area (Å²) >= 11 is 3.05. The molecule has 5 nitrogen and oxygen atoms in total. The minimum absolute atomic E-state index is 0.138. The molecule has 0 fully saturated rings. The molecular weight excluding hydrogens is 278 g/mol. The van der Waals surface area contributed by atoms with Gasteiger partial charge in [-0.1, -0.05) is 13.8 Å². The predicted molar refractivity (Wildman–Crippen MR) is 62.6 cm³/mol. The maximum absolute atomic E-state index is 10.7. The molecule has 1 aromatic rings. The van der Waals surface area contributed by atoms with E-state index in [1.54, 1.807) is 19.9 Å². The number of hydrogen-bond donors (Lipinski definition) is 2. The van der Waals surface area contributed by atoms with E-state index < -0.39 is 16.1 Å². The zero-order valence-electron chi connectivity index (χ0n) is 8.90. The Hall–Kier alpha value is -1.14. The number of phenols is 1. The molecule has 6 heteroatoms. The summed E-state index contributed by atoms with van der Waals surface area (Å²) in [7, 11) is 0. The topological polar surface area (TPSA) is 83.6 Å². The first-order valence-corrected chi connectivity index (χ1v) is 5.37. The number of rotatable bonds is 3. The van der Waals surface area contributed by atoms with Gasteiger partial charge in [-0.3, -0.25) is 10.1 Å². The van der Waals surface area contributed by atoms with E-state index >= 15 is 0 Å². The largest absolute Gasteiger partial charge is 0.501 e. The van der Waals surface area contributed by atoms with Crippen LogP contribution in [0, 0.1) is 10.1 Å². The normalized spacial score (nSPS) is 11.5. The molecule has 0 aromatic heterocycles. The van der Waals surface area contributed by atoms with Crippen LogP contribution in [0.4, 0.5) is 5.69 Å². The van der Waals surface area contributed by atoms with Crippen molar-refractivity contribution in [1.82, 2.24) is 0 Å². The number of aliphatic hydroxyl groups is 1. The van der Waals surface area contributed by atoms with Crippen molar-refractivity contribution < 1.29 is 15.1 Å². The molecule has 1 rings (SSSR count). The van der Waals surface area contributed by atoms with Gasteiger partial charge in [0.05, 0.1) is 16.0 Å². The molecule has 0 aliphatic carbocycles.